The molecule has 0 saturated heterocycles. The minimum atomic E-state index is 0.734. The van der Waals surface area contributed by atoms with Gasteiger partial charge in [-0.05, 0) is 72.0 Å². The Morgan fingerprint density at radius 3 is 2.20 bits per heavy atom. The van der Waals surface area contributed by atoms with Gasteiger partial charge in [0.15, 0.2) is 5.82 Å². The number of hydrogen-bond acceptors (Lipinski definition) is 3. The van der Waals surface area contributed by atoms with E-state index in [0.29, 0.717) is 0 Å². The minimum Gasteiger partial charge on any atom is -0.309 e. The zero-order valence-electron chi connectivity index (χ0n) is 27.3. The molecule has 0 atom stereocenters. The minimum absolute atomic E-state index is 0.734. The molecule has 0 amide bonds. The molecule has 0 N–H and O–H groups in total. The molecule has 0 saturated carbocycles. The van der Waals surface area contributed by atoms with Crippen LogP contribution in [0.1, 0.15) is 18.5 Å². The van der Waals surface area contributed by atoms with Crippen molar-refractivity contribution in [1.82, 2.24) is 14.5 Å². The van der Waals surface area contributed by atoms with Gasteiger partial charge in [-0.25, -0.2) is 9.97 Å². The van der Waals surface area contributed by atoms with Gasteiger partial charge in [0, 0.05) is 47.8 Å². The Hall–Kier alpha value is -6.10. The molecule has 0 fully saturated rings. The highest BCUT2D eigenvalue weighted by Gasteiger charge is 2.17. The van der Waals surface area contributed by atoms with E-state index >= 15 is 0 Å². The quantitative estimate of drug-likeness (QED) is 0.184. The monoisotopic (exact) mass is 657 g/mol. The molecule has 0 spiro atoms. The number of allylic oxidation sites excluding steroid dienone is 4. The van der Waals surface area contributed by atoms with Crippen LogP contribution in [0.15, 0.2) is 164 Å². The van der Waals surface area contributed by atoms with Crippen LogP contribution < -0.4 is 0 Å². The molecular formula is C46H31N3S. The van der Waals surface area contributed by atoms with Crippen molar-refractivity contribution in [3.8, 4) is 39.5 Å². The molecule has 0 radical (unpaired) electrons. The van der Waals surface area contributed by atoms with Gasteiger partial charge in [-0.1, -0.05) is 121 Å². The maximum absolute atomic E-state index is 5.16. The third-order valence-corrected chi connectivity index (χ3v) is 11.1. The fourth-order valence-corrected chi connectivity index (χ4v) is 8.73. The second-order valence-corrected chi connectivity index (χ2v) is 14.0. The molecule has 6 aromatic carbocycles. The van der Waals surface area contributed by atoms with E-state index in [1.165, 1.54) is 58.7 Å². The zero-order valence-corrected chi connectivity index (χ0v) is 28.1. The third-order valence-electron chi connectivity index (χ3n) is 9.89. The summed E-state index contributed by atoms with van der Waals surface area (Å²) >= 11 is 1.88. The van der Waals surface area contributed by atoms with Crippen molar-refractivity contribution >= 4 is 58.9 Å². The lowest BCUT2D eigenvalue weighted by Gasteiger charge is -2.14. The zero-order chi connectivity index (χ0) is 33.0. The van der Waals surface area contributed by atoms with E-state index in [-0.39, 0.29) is 0 Å². The van der Waals surface area contributed by atoms with Crippen LogP contribution in [-0.4, -0.2) is 14.5 Å². The molecule has 4 heteroatoms. The van der Waals surface area contributed by atoms with Crippen molar-refractivity contribution < 1.29 is 0 Å². The second kappa shape index (κ2) is 11.8. The summed E-state index contributed by atoms with van der Waals surface area (Å²) in [6.45, 7) is 0. The third kappa shape index (κ3) is 4.80. The predicted molar refractivity (Wildman–Crippen MR) is 212 cm³/mol. The molecule has 236 valence electrons. The highest BCUT2D eigenvalue weighted by atomic mass is 32.1. The van der Waals surface area contributed by atoms with Gasteiger partial charge in [-0.2, -0.15) is 0 Å². The maximum Gasteiger partial charge on any atom is 0.160 e. The van der Waals surface area contributed by atoms with Crippen molar-refractivity contribution in [2.75, 3.05) is 0 Å². The normalized spacial score (nSPS) is 13.1. The lowest BCUT2D eigenvalue weighted by molar-refractivity contribution is 1.03. The highest BCUT2D eigenvalue weighted by molar-refractivity contribution is 7.26. The van der Waals surface area contributed by atoms with Gasteiger partial charge < -0.3 is 4.57 Å². The predicted octanol–water partition coefficient (Wildman–Crippen LogP) is 12.7. The topological polar surface area (TPSA) is 30.7 Å². The van der Waals surface area contributed by atoms with Crippen LogP contribution in [0.2, 0.25) is 0 Å². The Kier molecular flexibility index (Phi) is 6.81. The van der Waals surface area contributed by atoms with Crippen LogP contribution in [-0.2, 0) is 0 Å². The van der Waals surface area contributed by atoms with Gasteiger partial charge in [-0.15, -0.1) is 11.3 Å². The Labute approximate surface area is 294 Å². The summed E-state index contributed by atoms with van der Waals surface area (Å²) in [6, 6.07) is 52.4. The lowest BCUT2D eigenvalue weighted by atomic mass is 10.00. The summed E-state index contributed by atoms with van der Waals surface area (Å²) in [5.74, 6) is 0.734. The first-order chi connectivity index (χ1) is 24.8. The van der Waals surface area contributed by atoms with Crippen LogP contribution in [0.4, 0.5) is 0 Å². The van der Waals surface area contributed by atoms with Crippen molar-refractivity contribution in [1.29, 1.82) is 0 Å². The fraction of sp³-hybridized carbons (Fsp3) is 0.0435. The summed E-state index contributed by atoms with van der Waals surface area (Å²) < 4.78 is 5.04. The van der Waals surface area contributed by atoms with E-state index in [4.69, 9.17) is 9.97 Å². The summed E-state index contributed by atoms with van der Waals surface area (Å²) in [5.41, 5.74) is 11.2. The van der Waals surface area contributed by atoms with Crippen LogP contribution in [0.5, 0.6) is 0 Å². The molecule has 3 aromatic heterocycles. The average molecular weight is 658 g/mol. The number of benzene rings is 6. The van der Waals surface area contributed by atoms with Crippen molar-refractivity contribution in [3.05, 3.63) is 170 Å². The van der Waals surface area contributed by atoms with Crippen LogP contribution in [0, 0.1) is 0 Å². The Bertz CT molecular complexity index is 2820. The SMILES string of the molecule is C1=CCCC(c2cc(-c3ccccc3)nc(-c3cccc(-n4c5ccccc5c5cc(-c6cccc7c6sc6ccccc67)ccc54)c3)n2)=C1. The Morgan fingerprint density at radius 1 is 0.540 bits per heavy atom. The molecule has 0 aliphatic heterocycles. The van der Waals surface area contributed by atoms with Gasteiger partial charge in [0.1, 0.15) is 0 Å². The molecule has 3 heterocycles. The summed E-state index contributed by atoms with van der Waals surface area (Å²) in [7, 11) is 0. The van der Waals surface area contributed by atoms with Gasteiger partial charge >= 0.3 is 0 Å². The molecule has 3 nitrogen and oxygen atoms in total. The highest BCUT2D eigenvalue weighted by Crippen LogP contribution is 2.42. The van der Waals surface area contributed by atoms with Crippen LogP contribution in [0.3, 0.4) is 0 Å². The van der Waals surface area contributed by atoms with E-state index in [2.05, 4.69) is 162 Å². The van der Waals surface area contributed by atoms with Gasteiger partial charge in [0.25, 0.3) is 0 Å². The van der Waals surface area contributed by atoms with Crippen LogP contribution >= 0.6 is 11.3 Å². The molecule has 10 rings (SSSR count). The van der Waals surface area contributed by atoms with Crippen LogP contribution in [0.25, 0.3) is 87.0 Å². The lowest BCUT2D eigenvalue weighted by Crippen LogP contribution is -2.00. The molecule has 1 aliphatic rings. The first-order valence-electron chi connectivity index (χ1n) is 17.1. The molecule has 0 bridgehead atoms. The fourth-order valence-electron chi connectivity index (χ4n) is 7.49. The molecule has 9 aromatic rings. The smallest absolute Gasteiger partial charge is 0.160 e. The molecule has 0 unspecified atom stereocenters. The largest absolute Gasteiger partial charge is 0.309 e. The average Bonchev–Trinajstić information content (AvgIpc) is 3.74. The van der Waals surface area contributed by atoms with Gasteiger partial charge in [0.05, 0.1) is 22.4 Å². The first-order valence-corrected chi connectivity index (χ1v) is 18.0. The number of rotatable bonds is 5. The van der Waals surface area contributed by atoms with E-state index in [1.807, 2.05) is 17.4 Å². The number of thiophene rings is 1. The van der Waals surface area contributed by atoms with Crippen molar-refractivity contribution in [3.63, 3.8) is 0 Å². The number of para-hydroxylation sites is 1. The second-order valence-electron chi connectivity index (χ2n) is 12.9. The number of hydrogen-bond donors (Lipinski definition) is 0. The van der Waals surface area contributed by atoms with E-state index < -0.39 is 0 Å². The summed E-state index contributed by atoms with van der Waals surface area (Å²) in [6.07, 6.45) is 8.54. The molecule has 1 aliphatic carbocycles. The number of aromatic nitrogens is 3. The Balaban J connectivity index is 1.13. The maximum atomic E-state index is 5.16. The van der Waals surface area contributed by atoms with E-state index in [9.17, 15) is 0 Å². The standard InChI is InChI=1S/C46H31N3S/c1-3-13-30(14-4-1)40-29-41(31-15-5-2-6-16-31)48-46(47-40)33-17-11-18-34(27-33)49-42-23-9-7-19-36(42)39-28-32(25-26-43(39)49)35-21-12-22-38-37-20-8-10-24-44(37)50-45(35)38/h1-5,7-15,17-29H,6,16H2. The van der Waals surface area contributed by atoms with Gasteiger partial charge in [0.2, 0.25) is 0 Å². The van der Waals surface area contributed by atoms with Gasteiger partial charge in [-0.3, -0.25) is 0 Å². The summed E-state index contributed by atoms with van der Waals surface area (Å²) in [4.78, 5) is 10.3. The summed E-state index contributed by atoms with van der Waals surface area (Å²) in [5, 5.41) is 5.12. The van der Waals surface area contributed by atoms with Crippen molar-refractivity contribution in [2.24, 2.45) is 0 Å². The van der Waals surface area contributed by atoms with E-state index in [0.717, 1.165) is 46.9 Å². The number of nitrogens with zero attached hydrogens (tertiary/aromatic N) is 3. The number of fused-ring (bicyclic) bond motifs is 6. The Morgan fingerprint density at radius 2 is 1.30 bits per heavy atom. The molecular weight excluding hydrogens is 627 g/mol. The van der Waals surface area contributed by atoms with E-state index in [1.54, 1.807) is 0 Å². The van der Waals surface area contributed by atoms with Crippen molar-refractivity contribution in [2.45, 2.75) is 12.8 Å². The first kappa shape index (κ1) is 28.9. The molecule has 50 heavy (non-hydrogen) atoms.